The summed E-state index contributed by atoms with van der Waals surface area (Å²) in [5.41, 5.74) is 5.05. The number of carboxylic acid groups (broad SMARTS) is 1. The Morgan fingerprint density at radius 1 is 1.65 bits per heavy atom. The van der Waals surface area contributed by atoms with Gasteiger partial charge < -0.3 is 15.6 Å². The van der Waals surface area contributed by atoms with Crippen LogP contribution in [0, 0.1) is 0 Å². The van der Waals surface area contributed by atoms with Crippen LogP contribution in [-0.2, 0) is 17.8 Å². The summed E-state index contributed by atoms with van der Waals surface area (Å²) in [6, 6.07) is 0. The van der Waals surface area contributed by atoms with Crippen LogP contribution in [0.1, 0.15) is 23.2 Å². The molecule has 0 aliphatic rings. The monoisotopic (exact) mass is 246 g/mol. The van der Waals surface area contributed by atoms with Crippen LogP contribution in [0.3, 0.4) is 0 Å². The second-order valence-corrected chi connectivity index (χ2v) is 3.24. The lowest BCUT2D eigenvalue weighted by Crippen LogP contribution is -2.13. The molecule has 0 fully saturated rings. The van der Waals surface area contributed by atoms with Gasteiger partial charge in [0.15, 0.2) is 0 Å². The van der Waals surface area contributed by atoms with E-state index in [1.165, 1.54) is 7.11 Å². The molecular formula is C10H12F2N2O3. The second-order valence-electron chi connectivity index (χ2n) is 3.24. The van der Waals surface area contributed by atoms with Gasteiger partial charge >= 0.3 is 5.97 Å². The van der Waals surface area contributed by atoms with Crippen LogP contribution < -0.4 is 10.5 Å². The van der Waals surface area contributed by atoms with Crippen molar-refractivity contribution < 1.29 is 23.4 Å². The Kier molecular flexibility index (Phi) is 4.33. The number of nitrogens with zero attached hydrogens (tertiary/aromatic N) is 1. The molecule has 5 nitrogen and oxygen atoms in total. The van der Waals surface area contributed by atoms with Gasteiger partial charge in [-0.1, -0.05) is 0 Å². The SMILES string of the molecule is COc1cnc(CC(=O)O)c(CN)c1C(F)F. The lowest BCUT2D eigenvalue weighted by atomic mass is 10.0. The Morgan fingerprint density at radius 2 is 2.29 bits per heavy atom. The number of carboxylic acids is 1. The standard InChI is InChI=1S/C10H12F2N2O3/c1-17-7-4-14-6(2-8(15)16)5(3-13)9(7)10(11)12/h4,10H,2-3,13H2,1H3,(H,15,16). The zero-order valence-corrected chi connectivity index (χ0v) is 9.11. The average Bonchev–Trinajstić information content (AvgIpc) is 2.27. The summed E-state index contributed by atoms with van der Waals surface area (Å²) in [5.74, 6) is -1.24. The Bertz CT molecular complexity index is 424. The van der Waals surface area contributed by atoms with Gasteiger partial charge in [0.25, 0.3) is 6.43 Å². The summed E-state index contributed by atoms with van der Waals surface area (Å²) in [6.07, 6.45) is -2.16. The molecule has 7 heteroatoms. The molecule has 0 aliphatic carbocycles. The molecule has 1 rings (SSSR count). The molecule has 0 aliphatic heterocycles. The second kappa shape index (κ2) is 5.53. The summed E-state index contributed by atoms with van der Waals surface area (Å²) in [6.45, 7) is -0.216. The molecule has 0 radical (unpaired) electrons. The lowest BCUT2D eigenvalue weighted by molar-refractivity contribution is -0.136. The average molecular weight is 246 g/mol. The van der Waals surface area contributed by atoms with Crippen molar-refractivity contribution in [2.24, 2.45) is 5.73 Å². The number of alkyl halides is 2. The van der Waals surface area contributed by atoms with Crippen LogP contribution in [0.2, 0.25) is 0 Å². The number of methoxy groups -OCH3 is 1. The van der Waals surface area contributed by atoms with Crippen molar-refractivity contribution in [3.63, 3.8) is 0 Å². The smallest absolute Gasteiger partial charge is 0.309 e. The van der Waals surface area contributed by atoms with Crippen LogP contribution in [0.5, 0.6) is 5.75 Å². The number of ether oxygens (including phenoxy) is 1. The first kappa shape index (κ1) is 13.3. The van der Waals surface area contributed by atoms with E-state index in [2.05, 4.69) is 4.98 Å². The predicted octanol–water partition coefficient (Wildman–Crippen LogP) is 1.11. The fourth-order valence-electron chi connectivity index (χ4n) is 1.51. The van der Waals surface area contributed by atoms with Crippen molar-refractivity contribution >= 4 is 5.97 Å². The summed E-state index contributed by atoms with van der Waals surface area (Å²) in [4.78, 5) is 14.4. The van der Waals surface area contributed by atoms with E-state index in [0.29, 0.717) is 0 Å². The lowest BCUT2D eigenvalue weighted by Gasteiger charge is -2.14. The first-order valence-corrected chi connectivity index (χ1v) is 4.75. The number of hydrogen-bond donors (Lipinski definition) is 2. The van der Waals surface area contributed by atoms with Crippen LogP contribution in [0.15, 0.2) is 6.20 Å². The van der Waals surface area contributed by atoms with Crippen molar-refractivity contribution in [1.82, 2.24) is 4.98 Å². The van der Waals surface area contributed by atoms with E-state index in [1.54, 1.807) is 0 Å². The summed E-state index contributed by atoms with van der Waals surface area (Å²) in [7, 11) is 1.24. The van der Waals surface area contributed by atoms with Gasteiger partial charge in [-0.3, -0.25) is 9.78 Å². The summed E-state index contributed by atoms with van der Waals surface area (Å²) in [5, 5.41) is 8.64. The predicted molar refractivity (Wildman–Crippen MR) is 55.0 cm³/mol. The van der Waals surface area contributed by atoms with Gasteiger partial charge in [-0.2, -0.15) is 0 Å². The van der Waals surface area contributed by atoms with Gasteiger partial charge in [0.2, 0.25) is 0 Å². The maximum atomic E-state index is 12.9. The topological polar surface area (TPSA) is 85.4 Å². The van der Waals surface area contributed by atoms with Crippen molar-refractivity contribution in [2.75, 3.05) is 7.11 Å². The first-order valence-electron chi connectivity index (χ1n) is 4.75. The molecule has 0 saturated heterocycles. The Hall–Kier alpha value is -1.76. The summed E-state index contributed by atoms with van der Waals surface area (Å²) < 4.78 is 30.5. The normalized spacial score (nSPS) is 10.6. The van der Waals surface area contributed by atoms with Crippen molar-refractivity contribution in [2.45, 2.75) is 19.4 Å². The number of carbonyl (C=O) groups is 1. The van der Waals surface area contributed by atoms with Crippen LogP contribution in [-0.4, -0.2) is 23.2 Å². The zero-order chi connectivity index (χ0) is 13.0. The Labute approximate surface area is 96.2 Å². The van der Waals surface area contributed by atoms with Crippen molar-refractivity contribution in [1.29, 1.82) is 0 Å². The quantitative estimate of drug-likeness (QED) is 0.812. The molecule has 0 amide bonds. The minimum atomic E-state index is -2.79. The van der Waals surface area contributed by atoms with Gasteiger partial charge in [0, 0.05) is 12.1 Å². The Morgan fingerprint density at radius 3 is 2.71 bits per heavy atom. The van der Waals surface area contributed by atoms with Crippen LogP contribution >= 0.6 is 0 Å². The molecule has 3 N–H and O–H groups in total. The maximum Gasteiger partial charge on any atom is 0.309 e. The number of aromatic nitrogens is 1. The minimum absolute atomic E-state index is 0.0294. The van der Waals surface area contributed by atoms with Gasteiger partial charge in [-0.05, 0) is 0 Å². The van der Waals surface area contributed by atoms with Crippen molar-refractivity contribution in [3.8, 4) is 5.75 Å². The molecule has 0 bridgehead atoms. The number of pyridine rings is 1. The van der Waals surface area contributed by atoms with Gasteiger partial charge in [0.05, 0.1) is 31.0 Å². The van der Waals surface area contributed by atoms with Gasteiger partial charge in [0.1, 0.15) is 5.75 Å². The molecule has 94 valence electrons. The molecule has 1 aromatic rings. The number of halogens is 2. The summed E-state index contributed by atoms with van der Waals surface area (Å²) >= 11 is 0. The van der Waals surface area contributed by atoms with Gasteiger partial charge in [-0.25, -0.2) is 8.78 Å². The van der Waals surface area contributed by atoms with E-state index in [9.17, 15) is 13.6 Å². The third-order valence-corrected chi connectivity index (χ3v) is 2.24. The molecule has 1 aromatic heterocycles. The molecule has 17 heavy (non-hydrogen) atoms. The maximum absolute atomic E-state index is 12.9. The fraction of sp³-hybridized carbons (Fsp3) is 0.400. The van der Waals surface area contributed by atoms with Gasteiger partial charge in [-0.15, -0.1) is 0 Å². The van der Waals surface area contributed by atoms with E-state index in [1.807, 2.05) is 0 Å². The molecular weight excluding hydrogens is 234 g/mol. The van der Waals surface area contributed by atoms with Crippen LogP contribution in [0.25, 0.3) is 0 Å². The highest BCUT2D eigenvalue weighted by Gasteiger charge is 2.22. The minimum Gasteiger partial charge on any atom is -0.495 e. The largest absolute Gasteiger partial charge is 0.495 e. The third-order valence-electron chi connectivity index (χ3n) is 2.24. The highest BCUT2D eigenvalue weighted by atomic mass is 19.3. The fourth-order valence-corrected chi connectivity index (χ4v) is 1.51. The first-order chi connectivity index (χ1) is 8.01. The number of nitrogens with two attached hydrogens (primary N) is 1. The number of rotatable bonds is 5. The number of hydrogen-bond acceptors (Lipinski definition) is 4. The van der Waals surface area contributed by atoms with E-state index in [-0.39, 0.29) is 29.1 Å². The Balaban J connectivity index is 3.35. The third kappa shape index (κ3) is 2.88. The van der Waals surface area contributed by atoms with E-state index >= 15 is 0 Å². The van der Waals surface area contributed by atoms with Crippen LogP contribution in [0.4, 0.5) is 8.78 Å². The molecule has 0 atom stereocenters. The molecule has 0 spiro atoms. The molecule has 0 saturated carbocycles. The van der Waals surface area contributed by atoms with E-state index < -0.39 is 18.8 Å². The molecule has 0 unspecified atom stereocenters. The zero-order valence-electron chi connectivity index (χ0n) is 9.11. The molecule has 1 heterocycles. The highest BCUT2D eigenvalue weighted by molar-refractivity contribution is 5.70. The van der Waals surface area contributed by atoms with E-state index in [4.69, 9.17) is 15.6 Å². The van der Waals surface area contributed by atoms with E-state index in [0.717, 1.165) is 6.20 Å². The van der Waals surface area contributed by atoms with Crippen molar-refractivity contribution in [3.05, 3.63) is 23.0 Å². The molecule has 0 aromatic carbocycles. The highest BCUT2D eigenvalue weighted by Crippen LogP contribution is 2.32. The number of aliphatic carboxylic acids is 1.